The molecule has 0 aliphatic carbocycles. The Morgan fingerprint density at radius 1 is 1.22 bits per heavy atom. The number of rotatable bonds is 4. The highest BCUT2D eigenvalue weighted by Gasteiger charge is 2.00. The average Bonchev–Trinajstić information content (AvgIpc) is 2.46. The van der Waals surface area contributed by atoms with Crippen molar-refractivity contribution in [2.75, 3.05) is 7.11 Å². The summed E-state index contributed by atoms with van der Waals surface area (Å²) in [6, 6.07) is 10.9. The number of benzene rings is 1. The lowest BCUT2D eigenvalue weighted by Crippen LogP contribution is -1.93. The van der Waals surface area contributed by atoms with Crippen LogP contribution in [0.4, 0.5) is 0 Å². The molecule has 18 heavy (non-hydrogen) atoms. The van der Waals surface area contributed by atoms with Crippen molar-refractivity contribution < 1.29 is 9.53 Å². The summed E-state index contributed by atoms with van der Waals surface area (Å²) >= 11 is 0. The van der Waals surface area contributed by atoms with E-state index < -0.39 is 0 Å². The number of hydrogen-bond acceptors (Lipinski definition) is 3. The van der Waals surface area contributed by atoms with E-state index in [1.165, 1.54) is 0 Å². The van der Waals surface area contributed by atoms with Gasteiger partial charge in [0.05, 0.1) is 7.11 Å². The topological polar surface area (TPSA) is 39.2 Å². The number of carbonyl (C=O) groups excluding carboxylic acids is 1. The van der Waals surface area contributed by atoms with Crippen molar-refractivity contribution in [1.29, 1.82) is 0 Å². The van der Waals surface area contributed by atoms with Gasteiger partial charge in [0.2, 0.25) is 0 Å². The first-order chi connectivity index (χ1) is 8.79. The minimum atomic E-state index is -0.0415. The fourth-order valence-electron chi connectivity index (χ4n) is 1.53. The first kappa shape index (κ1) is 12.0. The van der Waals surface area contributed by atoms with E-state index in [1.54, 1.807) is 43.8 Å². The molecule has 0 amide bonds. The van der Waals surface area contributed by atoms with Crippen LogP contribution in [0.5, 0.6) is 5.75 Å². The van der Waals surface area contributed by atoms with Gasteiger partial charge in [-0.15, -0.1) is 0 Å². The van der Waals surface area contributed by atoms with Gasteiger partial charge in [0.15, 0.2) is 5.78 Å². The van der Waals surface area contributed by atoms with Crippen molar-refractivity contribution in [3.63, 3.8) is 0 Å². The van der Waals surface area contributed by atoms with E-state index in [9.17, 15) is 4.79 Å². The number of carbonyl (C=O) groups is 1. The van der Waals surface area contributed by atoms with Crippen molar-refractivity contribution in [1.82, 2.24) is 4.98 Å². The van der Waals surface area contributed by atoms with E-state index in [4.69, 9.17) is 4.74 Å². The molecular weight excluding hydrogens is 226 g/mol. The number of ether oxygens (including phenoxy) is 1. The van der Waals surface area contributed by atoms with Gasteiger partial charge in [-0.25, -0.2) is 0 Å². The van der Waals surface area contributed by atoms with Gasteiger partial charge in [-0.05, 0) is 35.9 Å². The quantitative estimate of drug-likeness (QED) is 0.608. The molecule has 1 heterocycles. The average molecular weight is 239 g/mol. The van der Waals surface area contributed by atoms with Crippen LogP contribution in [0.25, 0.3) is 6.08 Å². The highest BCUT2D eigenvalue weighted by Crippen LogP contribution is 2.14. The van der Waals surface area contributed by atoms with Crippen LogP contribution in [-0.4, -0.2) is 17.9 Å². The minimum Gasteiger partial charge on any atom is -0.497 e. The molecule has 2 aromatic rings. The van der Waals surface area contributed by atoms with Crippen LogP contribution in [0.15, 0.2) is 54.9 Å². The van der Waals surface area contributed by atoms with Gasteiger partial charge >= 0.3 is 0 Å². The minimum absolute atomic E-state index is 0.0415. The van der Waals surface area contributed by atoms with Gasteiger partial charge < -0.3 is 4.74 Å². The standard InChI is InChI=1S/C15H13NO2/c1-18-14-4-2-3-12(11-14)5-6-15(17)13-7-9-16-10-8-13/h2-11H,1H3. The van der Waals surface area contributed by atoms with Crippen LogP contribution in [0.3, 0.4) is 0 Å². The predicted octanol–water partition coefficient (Wildman–Crippen LogP) is 2.99. The van der Waals surface area contributed by atoms with E-state index in [-0.39, 0.29) is 5.78 Å². The molecule has 0 fully saturated rings. The summed E-state index contributed by atoms with van der Waals surface area (Å²) in [5.74, 6) is 0.730. The number of pyridine rings is 1. The zero-order chi connectivity index (χ0) is 12.8. The second kappa shape index (κ2) is 5.77. The number of aromatic nitrogens is 1. The largest absolute Gasteiger partial charge is 0.497 e. The Labute approximate surface area is 106 Å². The molecule has 0 bridgehead atoms. The summed E-state index contributed by atoms with van der Waals surface area (Å²) in [6.07, 6.45) is 6.52. The number of methoxy groups -OCH3 is 1. The number of allylic oxidation sites excluding steroid dienone is 1. The Morgan fingerprint density at radius 2 is 2.00 bits per heavy atom. The Morgan fingerprint density at radius 3 is 2.72 bits per heavy atom. The lowest BCUT2D eigenvalue weighted by molar-refractivity contribution is 0.104. The molecule has 0 aliphatic rings. The van der Waals surface area contributed by atoms with Crippen LogP contribution in [0, 0.1) is 0 Å². The predicted molar refractivity (Wildman–Crippen MR) is 70.6 cm³/mol. The lowest BCUT2D eigenvalue weighted by atomic mass is 10.1. The molecule has 1 aromatic heterocycles. The monoisotopic (exact) mass is 239 g/mol. The van der Waals surface area contributed by atoms with E-state index in [0.29, 0.717) is 5.56 Å². The molecule has 1 aromatic carbocycles. The van der Waals surface area contributed by atoms with Gasteiger partial charge in [0, 0.05) is 18.0 Å². The van der Waals surface area contributed by atoms with Crippen LogP contribution in [0.1, 0.15) is 15.9 Å². The first-order valence-electron chi connectivity index (χ1n) is 5.56. The van der Waals surface area contributed by atoms with E-state index >= 15 is 0 Å². The van der Waals surface area contributed by atoms with Gasteiger partial charge in [-0.2, -0.15) is 0 Å². The normalized spacial score (nSPS) is 10.5. The molecule has 0 aliphatic heterocycles. The third kappa shape index (κ3) is 3.04. The summed E-state index contributed by atoms with van der Waals surface area (Å²) in [6.45, 7) is 0. The maximum Gasteiger partial charge on any atom is 0.185 e. The summed E-state index contributed by atoms with van der Waals surface area (Å²) in [5, 5.41) is 0. The highest BCUT2D eigenvalue weighted by molar-refractivity contribution is 6.06. The summed E-state index contributed by atoms with van der Waals surface area (Å²) in [7, 11) is 1.62. The van der Waals surface area contributed by atoms with Gasteiger partial charge in [-0.3, -0.25) is 9.78 Å². The van der Waals surface area contributed by atoms with Crippen molar-refractivity contribution in [2.24, 2.45) is 0 Å². The maximum absolute atomic E-state index is 11.8. The molecule has 0 unspecified atom stereocenters. The maximum atomic E-state index is 11.8. The molecule has 3 nitrogen and oxygen atoms in total. The van der Waals surface area contributed by atoms with Crippen molar-refractivity contribution in [3.8, 4) is 5.75 Å². The second-order valence-corrected chi connectivity index (χ2v) is 3.71. The van der Waals surface area contributed by atoms with Crippen molar-refractivity contribution in [2.45, 2.75) is 0 Å². The zero-order valence-corrected chi connectivity index (χ0v) is 10.0. The lowest BCUT2D eigenvalue weighted by Gasteiger charge is -2.00. The van der Waals surface area contributed by atoms with Crippen LogP contribution >= 0.6 is 0 Å². The molecule has 0 radical (unpaired) electrons. The Kier molecular flexibility index (Phi) is 3.86. The Hall–Kier alpha value is -2.42. The van der Waals surface area contributed by atoms with Gasteiger partial charge in [-0.1, -0.05) is 18.2 Å². The van der Waals surface area contributed by atoms with Gasteiger partial charge in [0.25, 0.3) is 0 Å². The smallest absolute Gasteiger partial charge is 0.185 e. The SMILES string of the molecule is COc1cccc(C=CC(=O)c2ccncc2)c1. The molecule has 0 N–H and O–H groups in total. The first-order valence-corrected chi connectivity index (χ1v) is 5.56. The molecule has 0 saturated carbocycles. The summed E-state index contributed by atoms with van der Waals surface area (Å²) in [4.78, 5) is 15.7. The molecule has 2 rings (SSSR count). The van der Waals surface area contributed by atoms with Crippen molar-refractivity contribution >= 4 is 11.9 Å². The Bertz CT molecular complexity index is 562. The van der Waals surface area contributed by atoms with Crippen LogP contribution in [-0.2, 0) is 0 Å². The fraction of sp³-hybridized carbons (Fsp3) is 0.0667. The van der Waals surface area contributed by atoms with Crippen LogP contribution in [0.2, 0.25) is 0 Å². The van der Waals surface area contributed by atoms with Crippen molar-refractivity contribution in [3.05, 3.63) is 66.0 Å². The molecular formula is C15H13NO2. The summed E-state index contributed by atoms with van der Waals surface area (Å²) < 4.78 is 5.12. The number of hydrogen-bond donors (Lipinski definition) is 0. The summed E-state index contributed by atoms with van der Waals surface area (Å²) in [5.41, 5.74) is 1.56. The molecule has 3 heteroatoms. The fourth-order valence-corrected chi connectivity index (χ4v) is 1.53. The third-order valence-electron chi connectivity index (χ3n) is 2.49. The zero-order valence-electron chi connectivity index (χ0n) is 10.0. The van der Waals surface area contributed by atoms with E-state index in [1.807, 2.05) is 24.3 Å². The highest BCUT2D eigenvalue weighted by atomic mass is 16.5. The van der Waals surface area contributed by atoms with Crippen LogP contribution < -0.4 is 4.74 Å². The molecule has 0 spiro atoms. The van der Waals surface area contributed by atoms with E-state index in [0.717, 1.165) is 11.3 Å². The molecule has 90 valence electrons. The second-order valence-electron chi connectivity index (χ2n) is 3.71. The molecule has 0 atom stereocenters. The van der Waals surface area contributed by atoms with E-state index in [2.05, 4.69) is 4.98 Å². The Balaban J connectivity index is 2.13. The number of nitrogens with zero attached hydrogens (tertiary/aromatic N) is 1. The molecule has 0 saturated heterocycles. The van der Waals surface area contributed by atoms with Gasteiger partial charge in [0.1, 0.15) is 5.75 Å². The third-order valence-corrected chi connectivity index (χ3v) is 2.49. The number of ketones is 1.